The average molecular weight is 442 g/mol. The summed E-state index contributed by atoms with van der Waals surface area (Å²) in [6, 6.07) is 10.2. The molecule has 31 heavy (non-hydrogen) atoms. The van der Waals surface area contributed by atoms with Crippen molar-refractivity contribution in [2.45, 2.75) is 27.3 Å². The summed E-state index contributed by atoms with van der Waals surface area (Å²) in [6.07, 6.45) is 0. The van der Waals surface area contributed by atoms with Crippen molar-refractivity contribution in [2.75, 3.05) is 18.5 Å². The van der Waals surface area contributed by atoms with Gasteiger partial charge in [0.25, 0.3) is 5.56 Å². The number of nitrogens with one attached hydrogen (secondary N) is 1. The van der Waals surface area contributed by atoms with Gasteiger partial charge in [-0.2, -0.15) is 5.10 Å². The lowest BCUT2D eigenvalue weighted by Gasteiger charge is -2.08. The van der Waals surface area contributed by atoms with E-state index in [1.54, 1.807) is 19.9 Å². The molecule has 1 amide bonds. The lowest BCUT2D eigenvalue weighted by atomic mass is 10.1. The number of nitrogens with zero attached hydrogens (tertiary/aromatic N) is 3. The molecule has 9 nitrogen and oxygen atoms in total. The fourth-order valence-electron chi connectivity index (χ4n) is 2.74. The van der Waals surface area contributed by atoms with Crippen LogP contribution in [0.4, 0.5) is 5.13 Å². The Hall–Kier alpha value is -3.53. The number of ether oxygens (including phenoxy) is 2. The summed E-state index contributed by atoms with van der Waals surface area (Å²) in [6.45, 7) is 5.79. The van der Waals surface area contributed by atoms with Crippen LogP contribution in [0.15, 0.2) is 41.2 Å². The number of aryl methyl sites for hydroxylation is 1. The van der Waals surface area contributed by atoms with Crippen molar-refractivity contribution in [3.05, 3.63) is 57.3 Å². The van der Waals surface area contributed by atoms with Gasteiger partial charge in [-0.3, -0.25) is 9.59 Å². The first-order chi connectivity index (χ1) is 14.9. The summed E-state index contributed by atoms with van der Waals surface area (Å²) in [5.74, 6) is -0.235. The lowest BCUT2D eigenvalue weighted by molar-refractivity contribution is -0.117. The fraction of sp³-hybridized carbons (Fsp3) is 0.286. The zero-order chi connectivity index (χ0) is 22.4. The van der Waals surface area contributed by atoms with Crippen molar-refractivity contribution in [3.8, 4) is 17.0 Å². The van der Waals surface area contributed by atoms with Gasteiger partial charge in [-0.1, -0.05) is 11.3 Å². The van der Waals surface area contributed by atoms with Gasteiger partial charge in [0.05, 0.1) is 24.6 Å². The first-order valence-corrected chi connectivity index (χ1v) is 10.5. The van der Waals surface area contributed by atoms with E-state index in [1.807, 2.05) is 31.2 Å². The number of thiazole rings is 1. The predicted molar refractivity (Wildman–Crippen MR) is 117 cm³/mol. The number of hydrogen-bond acceptors (Lipinski definition) is 8. The molecule has 3 aromatic rings. The van der Waals surface area contributed by atoms with Gasteiger partial charge < -0.3 is 14.8 Å². The average Bonchev–Trinajstić information content (AvgIpc) is 3.10. The molecule has 0 aliphatic heterocycles. The fourth-order valence-corrected chi connectivity index (χ4v) is 3.61. The molecule has 0 aliphatic rings. The molecular weight excluding hydrogens is 420 g/mol. The Kier molecular flexibility index (Phi) is 7.14. The van der Waals surface area contributed by atoms with E-state index in [0.717, 1.165) is 27.3 Å². The zero-order valence-electron chi connectivity index (χ0n) is 17.4. The molecule has 0 spiro atoms. The van der Waals surface area contributed by atoms with Crippen LogP contribution in [0, 0.1) is 6.92 Å². The highest BCUT2D eigenvalue weighted by molar-refractivity contribution is 7.17. The van der Waals surface area contributed by atoms with Crippen LogP contribution in [0.3, 0.4) is 0 Å². The Morgan fingerprint density at radius 3 is 2.52 bits per heavy atom. The molecular formula is C21H22N4O5S. The molecule has 0 unspecified atom stereocenters. The van der Waals surface area contributed by atoms with E-state index >= 15 is 0 Å². The summed E-state index contributed by atoms with van der Waals surface area (Å²) in [7, 11) is 0. The second-order valence-electron chi connectivity index (χ2n) is 6.37. The summed E-state index contributed by atoms with van der Waals surface area (Å²) >= 11 is 1.02. The SMILES string of the molecule is CCOC(=O)c1sc(NC(=O)Cn2nc(-c3ccc(OCC)cc3)ccc2=O)nc1C. The van der Waals surface area contributed by atoms with E-state index in [-0.39, 0.29) is 18.3 Å². The van der Waals surface area contributed by atoms with Crippen molar-refractivity contribution in [1.82, 2.24) is 14.8 Å². The van der Waals surface area contributed by atoms with E-state index in [0.29, 0.717) is 22.9 Å². The van der Waals surface area contributed by atoms with Gasteiger partial charge in [-0.15, -0.1) is 0 Å². The number of hydrogen-bond donors (Lipinski definition) is 1. The normalized spacial score (nSPS) is 10.5. The zero-order valence-corrected chi connectivity index (χ0v) is 18.2. The Balaban J connectivity index is 1.73. The molecule has 0 radical (unpaired) electrons. The van der Waals surface area contributed by atoms with E-state index < -0.39 is 17.4 Å². The van der Waals surface area contributed by atoms with Crippen LogP contribution >= 0.6 is 11.3 Å². The lowest BCUT2D eigenvalue weighted by Crippen LogP contribution is -2.29. The quantitative estimate of drug-likeness (QED) is 0.534. The number of carbonyl (C=O) groups is 2. The number of carbonyl (C=O) groups excluding carboxylic acids is 2. The third kappa shape index (κ3) is 5.54. The maximum absolute atomic E-state index is 12.4. The van der Waals surface area contributed by atoms with Crippen molar-refractivity contribution < 1.29 is 19.1 Å². The van der Waals surface area contributed by atoms with Gasteiger partial charge in [0.2, 0.25) is 5.91 Å². The summed E-state index contributed by atoms with van der Waals surface area (Å²) < 4.78 is 11.5. The highest BCUT2D eigenvalue weighted by atomic mass is 32.1. The number of rotatable bonds is 8. The number of aromatic nitrogens is 3. The molecule has 0 bridgehead atoms. The summed E-state index contributed by atoms with van der Waals surface area (Å²) in [5, 5.41) is 7.14. The minimum absolute atomic E-state index is 0.247. The molecule has 0 aliphatic carbocycles. The molecule has 0 saturated heterocycles. The van der Waals surface area contributed by atoms with Gasteiger partial charge in [0.15, 0.2) is 5.13 Å². The molecule has 1 aromatic carbocycles. The smallest absolute Gasteiger partial charge is 0.350 e. The van der Waals surface area contributed by atoms with Gasteiger partial charge in [-0.05, 0) is 51.1 Å². The van der Waals surface area contributed by atoms with Crippen LogP contribution < -0.4 is 15.6 Å². The first-order valence-electron chi connectivity index (χ1n) is 9.67. The van der Waals surface area contributed by atoms with E-state index in [4.69, 9.17) is 9.47 Å². The number of esters is 1. The second-order valence-corrected chi connectivity index (χ2v) is 7.37. The Morgan fingerprint density at radius 1 is 1.10 bits per heavy atom. The minimum atomic E-state index is -0.487. The van der Waals surface area contributed by atoms with Gasteiger partial charge in [0, 0.05) is 11.6 Å². The summed E-state index contributed by atoms with van der Waals surface area (Å²) in [5.41, 5.74) is 1.39. The largest absolute Gasteiger partial charge is 0.494 e. The van der Waals surface area contributed by atoms with Gasteiger partial charge >= 0.3 is 5.97 Å². The molecule has 2 aromatic heterocycles. The van der Waals surface area contributed by atoms with Crippen molar-refractivity contribution in [2.24, 2.45) is 0 Å². The molecule has 0 saturated carbocycles. The molecule has 1 N–H and O–H groups in total. The molecule has 162 valence electrons. The topological polar surface area (TPSA) is 112 Å². The molecule has 3 rings (SSSR count). The second kappa shape index (κ2) is 9.98. The Morgan fingerprint density at radius 2 is 1.84 bits per heavy atom. The van der Waals surface area contributed by atoms with E-state index in [9.17, 15) is 14.4 Å². The minimum Gasteiger partial charge on any atom is -0.494 e. The number of anilines is 1. The van der Waals surface area contributed by atoms with E-state index in [1.165, 1.54) is 6.07 Å². The molecule has 0 atom stereocenters. The van der Waals surface area contributed by atoms with Crippen LogP contribution in [0.2, 0.25) is 0 Å². The highest BCUT2D eigenvalue weighted by Crippen LogP contribution is 2.23. The van der Waals surface area contributed by atoms with Gasteiger partial charge in [-0.25, -0.2) is 14.5 Å². The third-order valence-corrected chi connectivity index (χ3v) is 5.18. The maximum atomic E-state index is 12.4. The molecule has 10 heteroatoms. The summed E-state index contributed by atoms with van der Waals surface area (Å²) in [4.78, 5) is 41.0. The highest BCUT2D eigenvalue weighted by Gasteiger charge is 2.18. The monoisotopic (exact) mass is 442 g/mol. The predicted octanol–water partition coefficient (Wildman–Crippen LogP) is 2.89. The standard InChI is InChI=1S/C21H22N4O5S/c1-4-29-15-8-6-14(7-9-15)16-10-11-18(27)25(24-16)12-17(26)23-21-22-13(3)19(31-21)20(28)30-5-2/h6-11H,4-5,12H2,1-3H3,(H,22,23,26). The maximum Gasteiger partial charge on any atom is 0.350 e. The first kappa shape index (κ1) is 22.2. The van der Waals surface area contributed by atoms with Crippen LogP contribution in [-0.4, -0.2) is 39.9 Å². The van der Waals surface area contributed by atoms with Crippen LogP contribution in [0.25, 0.3) is 11.3 Å². The van der Waals surface area contributed by atoms with Crippen molar-refractivity contribution in [1.29, 1.82) is 0 Å². The van der Waals surface area contributed by atoms with Crippen molar-refractivity contribution >= 4 is 28.3 Å². The Labute approximate surface area is 182 Å². The van der Waals surface area contributed by atoms with Crippen LogP contribution in [0.5, 0.6) is 5.75 Å². The number of amides is 1. The van der Waals surface area contributed by atoms with Crippen LogP contribution in [-0.2, 0) is 16.1 Å². The third-order valence-electron chi connectivity index (χ3n) is 4.12. The Bertz CT molecular complexity index is 1140. The van der Waals surface area contributed by atoms with Crippen molar-refractivity contribution in [3.63, 3.8) is 0 Å². The van der Waals surface area contributed by atoms with E-state index in [2.05, 4.69) is 15.4 Å². The molecule has 0 fully saturated rings. The number of benzene rings is 1. The molecule has 2 heterocycles. The van der Waals surface area contributed by atoms with Gasteiger partial charge in [0.1, 0.15) is 17.2 Å². The van der Waals surface area contributed by atoms with Crippen LogP contribution in [0.1, 0.15) is 29.2 Å².